The van der Waals surface area contributed by atoms with E-state index in [1.807, 2.05) is 6.92 Å². The van der Waals surface area contributed by atoms with Crippen molar-refractivity contribution in [2.75, 3.05) is 0 Å². The number of carbonyl (C=O) groups is 2. The SMILES string of the molecule is CCC(=O)NC1C2CC3CC(C2)CC1(C(N)=O)C3. The molecule has 4 fully saturated rings. The van der Waals surface area contributed by atoms with Gasteiger partial charge in [-0.1, -0.05) is 6.92 Å². The predicted octanol–water partition coefficient (Wildman–Crippen LogP) is 1.19. The number of hydrogen-bond donors (Lipinski definition) is 2. The van der Waals surface area contributed by atoms with Crippen LogP contribution in [0.15, 0.2) is 0 Å². The predicted molar refractivity (Wildman–Crippen MR) is 67.4 cm³/mol. The van der Waals surface area contributed by atoms with E-state index < -0.39 is 5.41 Å². The van der Waals surface area contributed by atoms with Gasteiger partial charge < -0.3 is 11.1 Å². The fraction of sp³-hybridized carbons (Fsp3) is 0.857. The first-order chi connectivity index (χ1) is 8.55. The Morgan fingerprint density at radius 3 is 2.33 bits per heavy atom. The lowest BCUT2D eigenvalue weighted by Gasteiger charge is -2.59. The lowest BCUT2D eigenvalue weighted by molar-refractivity contribution is -0.151. The van der Waals surface area contributed by atoms with E-state index in [9.17, 15) is 9.59 Å². The van der Waals surface area contributed by atoms with Crippen LogP contribution in [-0.2, 0) is 9.59 Å². The monoisotopic (exact) mass is 250 g/mol. The minimum atomic E-state index is -0.445. The van der Waals surface area contributed by atoms with Crippen LogP contribution in [0.4, 0.5) is 0 Å². The van der Waals surface area contributed by atoms with Gasteiger partial charge in [-0.15, -0.1) is 0 Å². The Kier molecular flexibility index (Phi) is 2.65. The molecule has 0 aliphatic heterocycles. The largest absolute Gasteiger partial charge is 0.369 e. The average Bonchev–Trinajstić information content (AvgIpc) is 2.32. The number of primary amides is 1. The molecule has 3 unspecified atom stereocenters. The van der Waals surface area contributed by atoms with E-state index in [1.54, 1.807) is 0 Å². The fourth-order valence-corrected chi connectivity index (χ4v) is 4.93. The third-order valence-electron chi connectivity index (χ3n) is 5.44. The summed E-state index contributed by atoms with van der Waals surface area (Å²) in [6, 6.07) is -0.00440. The summed E-state index contributed by atoms with van der Waals surface area (Å²) in [5, 5.41) is 3.09. The van der Waals surface area contributed by atoms with Crippen LogP contribution in [0, 0.1) is 23.2 Å². The molecule has 4 aliphatic rings. The molecule has 0 aromatic carbocycles. The van der Waals surface area contributed by atoms with E-state index in [2.05, 4.69) is 5.32 Å². The smallest absolute Gasteiger partial charge is 0.225 e. The maximum absolute atomic E-state index is 12.0. The Bertz CT molecular complexity index is 379. The molecule has 100 valence electrons. The number of amides is 2. The summed E-state index contributed by atoms with van der Waals surface area (Å²) in [5.41, 5.74) is 5.26. The molecule has 0 saturated heterocycles. The standard InChI is InChI=1S/C14H22N2O2/c1-2-11(17)16-12-10-4-8-3-9(5-10)7-14(12,6-8)13(15)18/h8-10,12H,2-7H2,1H3,(H2,15,18)(H,16,17). The normalized spacial score (nSPS) is 44.9. The topological polar surface area (TPSA) is 72.2 Å². The number of hydrogen-bond acceptors (Lipinski definition) is 2. The van der Waals surface area contributed by atoms with Gasteiger partial charge in [0.2, 0.25) is 11.8 Å². The third-order valence-corrected chi connectivity index (χ3v) is 5.44. The van der Waals surface area contributed by atoms with Crippen molar-refractivity contribution >= 4 is 11.8 Å². The lowest BCUT2D eigenvalue weighted by Crippen LogP contribution is -2.66. The maximum atomic E-state index is 12.0. The molecule has 4 heteroatoms. The number of nitrogens with two attached hydrogens (primary N) is 1. The Hall–Kier alpha value is -1.06. The van der Waals surface area contributed by atoms with Gasteiger partial charge in [-0.25, -0.2) is 0 Å². The van der Waals surface area contributed by atoms with Gasteiger partial charge in [-0.05, 0) is 49.9 Å². The second kappa shape index (κ2) is 3.97. The molecule has 0 spiro atoms. The van der Waals surface area contributed by atoms with Gasteiger partial charge in [-0.2, -0.15) is 0 Å². The molecule has 4 bridgehead atoms. The Morgan fingerprint density at radius 1 is 1.22 bits per heavy atom. The highest BCUT2D eigenvalue weighted by Gasteiger charge is 2.60. The van der Waals surface area contributed by atoms with Crippen molar-refractivity contribution in [2.24, 2.45) is 28.9 Å². The molecule has 2 amide bonds. The zero-order valence-corrected chi connectivity index (χ0v) is 10.9. The van der Waals surface area contributed by atoms with Crippen LogP contribution in [0.2, 0.25) is 0 Å². The summed E-state index contributed by atoms with van der Waals surface area (Å²) in [6.45, 7) is 1.85. The molecule has 0 aromatic heterocycles. The lowest BCUT2D eigenvalue weighted by atomic mass is 9.47. The van der Waals surface area contributed by atoms with Crippen molar-refractivity contribution in [3.05, 3.63) is 0 Å². The molecule has 0 radical (unpaired) electrons. The summed E-state index contributed by atoms with van der Waals surface area (Å²) in [7, 11) is 0. The van der Waals surface area contributed by atoms with Crippen molar-refractivity contribution in [1.29, 1.82) is 0 Å². The summed E-state index contributed by atoms with van der Waals surface area (Å²) in [4.78, 5) is 23.7. The highest BCUT2D eigenvalue weighted by atomic mass is 16.2. The quantitative estimate of drug-likeness (QED) is 0.789. The number of rotatable bonds is 3. The average molecular weight is 250 g/mol. The van der Waals surface area contributed by atoms with Crippen LogP contribution in [0.5, 0.6) is 0 Å². The van der Waals surface area contributed by atoms with Crippen molar-refractivity contribution in [2.45, 2.75) is 51.5 Å². The first-order valence-corrected chi connectivity index (χ1v) is 7.14. The van der Waals surface area contributed by atoms with Crippen molar-refractivity contribution in [3.8, 4) is 0 Å². The first-order valence-electron chi connectivity index (χ1n) is 7.14. The number of nitrogens with one attached hydrogen (secondary N) is 1. The van der Waals surface area contributed by atoms with E-state index in [0.717, 1.165) is 12.8 Å². The molecular weight excluding hydrogens is 228 g/mol. The van der Waals surface area contributed by atoms with Crippen LogP contribution >= 0.6 is 0 Å². The van der Waals surface area contributed by atoms with Gasteiger partial charge in [-0.3, -0.25) is 9.59 Å². The molecule has 0 heterocycles. The van der Waals surface area contributed by atoms with Crippen molar-refractivity contribution < 1.29 is 9.59 Å². The molecule has 18 heavy (non-hydrogen) atoms. The molecule has 4 nitrogen and oxygen atoms in total. The van der Waals surface area contributed by atoms with Crippen LogP contribution in [0.3, 0.4) is 0 Å². The fourth-order valence-electron chi connectivity index (χ4n) is 4.93. The van der Waals surface area contributed by atoms with E-state index >= 15 is 0 Å². The van der Waals surface area contributed by atoms with E-state index in [1.165, 1.54) is 19.3 Å². The molecule has 4 saturated carbocycles. The molecule has 3 atom stereocenters. The van der Waals surface area contributed by atoms with Crippen molar-refractivity contribution in [1.82, 2.24) is 5.32 Å². The maximum Gasteiger partial charge on any atom is 0.225 e. The molecule has 0 aromatic rings. The molecule has 4 rings (SSSR count). The highest BCUT2D eigenvalue weighted by Crippen LogP contribution is 2.59. The number of carbonyl (C=O) groups excluding carboxylic acids is 2. The van der Waals surface area contributed by atoms with Gasteiger partial charge in [0.05, 0.1) is 5.41 Å². The van der Waals surface area contributed by atoms with Crippen molar-refractivity contribution in [3.63, 3.8) is 0 Å². The van der Waals surface area contributed by atoms with Gasteiger partial charge in [0.25, 0.3) is 0 Å². The Morgan fingerprint density at radius 2 is 1.83 bits per heavy atom. The zero-order chi connectivity index (χ0) is 12.9. The molecule has 3 N–H and O–H groups in total. The van der Waals surface area contributed by atoms with E-state index in [4.69, 9.17) is 5.73 Å². The molecule has 4 aliphatic carbocycles. The summed E-state index contributed by atoms with van der Waals surface area (Å²) >= 11 is 0. The van der Waals surface area contributed by atoms with Gasteiger partial charge in [0.1, 0.15) is 0 Å². The first kappa shape index (κ1) is 12.0. The summed E-state index contributed by atoms with van der Waals surface area (Å²) in [5.74, 6) is 1.64. The third kappa shape index (κ3) is 1.57. The van der Waals surface area contributed by atoms with Gasteiger partial charge >= 0.3 is 0 Å². The minimum Gasteiger partial charge on any atom is -0.369 e. The van der Waals surface area contributed by atoms with Crippen LogP contribution < -0.4 is 11.1 Å². The Labute approximate surface area is 108 Å². The highest BCUT2D eigenvalue weighted by molar-refractivity contribution is 5.84. The zero-order valence-electron chi connectivity index (χ0n) is 10.9. The van der Waals surface area contributed by atoms with E-state index in [-0.39, 0.29) is 17.9 Å². The molecular formula is C14H22N2O2. The van der Waals surface area contributed by atoms with Gasteiger partial charge in [0.15, 0.2) is 0 Å². The summed E-state index contributed by atoms with van der Waals surface area (Å²) < 4.78 is 0. The van der Waals surface area contributed by atoms with Crippen LogP contribution in [-0.4, -0.2) is 17.9 Å². The van der Waals surface area contributed by atoms with Gasteiger partial charge in [0, 0.05) is 12.5 Å². The second-order valence-electron chi connectivity index (χ2n) is 6.53. The summed E-state index contributed by atoms with van der Waals surface area (Å²) in [6.07, 6.45) is 5.86. The van der Waals surface area contributed by atoms with Crippen LogP contribution in [0.25, 0.3) is 0 Å². The minimum absolute atomic E-state index is 0.00440. The van der Waals surface area contributed by atoms with Crippen LogP contribution in [0.1, 0.15) is 45.4 Å². The Balaban J connectivity index is 1.91. The second-order valence-corrected chi connectivity index (χ2v) is 6.53. The van der Waals surface area contributed by atoms with E-state index in [0.29, 0.717) is 24.2 Å².